The minimum Gasteiger partial charge on any atom is -0.361 e. The van der Waals surface area contributed by atoms with Crippen LogP contribution in [0.4, 0.5) is 0 Å². The molecule has 0 saturated heterocycles. The number of para-hydroxylation sites is 1. The Labute approximate surface area is 155 Å². The first-order valence-corrected chi connectivity index (χ1v) is 9.27. The molecule has 4 rings (SSSR count). The minimum absolute atomic E-state index is 0.0815. The van der Waals surface area contributed by atoms with Crippen LogP contribution in [0.5, 0.6) is 0 Å². The third kappa shape index (κ3) is 3.23. The first kappa shape index (κ1) is 16.5. The standard InChI is InChI=1S/C20H18N4OS/c1-13-21-9-8-18(24-13)20(25)23-12-16(19-7-4-10-26-19)15-11-22-17-6-3-2-5-14(15)17/h2-11,16,22H,12H2,1H3,(H,23,25)/t16-/m1/s1. The number of amides is 1. The fraction of sp³-hybridized carbons (Fsp3) is 0.150. The fourth-order valence-electron chi connectivity index (χ4n) is 3.10. The van der Waals surface area contributed by atoms with Crippen molar-refractivity contribution >= 4 is 28.1 Å². The number of carbonyl (C=O) groups excluding carboxylic acids is 1. The monoisotopic (exact) mass is 362 g/mol. The maximum atomic E-state index is 12.5. The summed E-state index contributed by atoms with van der Waals surface area (Å²) in [7, 11) is 0. The van der Waals surface area contributed by atoms with Gasteiger partial charge in [0.15, 0.2) is 0 Å². The van der Waals surface area contributed by atoms with Crippen LogP contribution in [0.1, 0.15) is 32.7 Å². The highest BCUT2D eigenvalue weighted by molar-refractivity contribution is 7.10. The first-order chi connectivity index (χ1) is 12.7. The molecule has 0 spiro atoms. The average Bonchev–Trinajstić information content (AvgIpc) is 3.32. The van der Waals surface area contributed by atoms with Crippen LogP contribution in [0.2, 0.25) is 0 Å². The van der Waals surface area contributed by atoms with Crippen molar-refractivity contribution in [1.82, 2.24) is 20.3 Å². The summed E-state index contributed by atoms with van der Waals surface area (Å²) in [5, 5.41) is 6.27. The minimum atomic E-state index is -0.183. The van der Waals surface area contributed by atoms with Crippen molar-refractivity contribution in [1.29, 1.82) is 0 Å². The van der Waals surface area contributed by atoms with Crippen molar-refractivity contribution in [2.45, 2.75) is 12.8 Å². The highest BCUT2D eigenvalue weighted by Crippen LogP contribution is 2.32. The third-order valence-corrected chi connectivity index (χ3v) is 5.34. The molecule has 5 nitrogen and oxygen atoms in total. The predicted octanol–water partition coefficient (Wildman–Crippen LogP) is 3.89. The Morgan fingerprint density at radius 1 is 1.23 bits per heavy atom. The maximum absolute atomic E-state index is 12.5. The lowest BCUT2D eigenvalue weighted by molar-refractivity contribution is 0.0947. The van der Waals surface area contributed by atoms with Gasteiger partial charge in [0, 0.05) is 40.6 Å². The highest BCUT2D eigenvalue weighted by atomic mass is 32.1. The molecule has 0 unspecified atom stereocenters. The van der Waals surface area contributed by atoms with Crippen LogP contribution in [0.25, 0.3) is 10.9 Å². The first-order valence-electron chi connectivity index (χ1n) is 8.39. The van der Waals surface area contributed by atoms with E-state index in [1.807, 2.05) is 24.4 Å². The summed E-state index contributed by atoms with van der Waals surface area (Å²) in [5.41, 5.74) is 2.67. The number of thiophene rings is 1. The number of carbonyl (C=O) groups is 1. The van der Waals surface area contributed by atoms with E-state index >= 15 is 0 Å². The zero-order chi connectivity index (χ0) is 17.9. The topological polar surface area (TPSA) is 70.7 Å². The number of nitrogens with zero attached hydrogens (tertiary/aromatic N) is 2. The number of H-pyrrole nitrogens is 1. The van der Waals surface area contributed by atoms with Gasteiger partial charge in [-0.2, -0.15) is 0 Å². The molecule has 0 bridgehead atoms. The predicted molar refractivity (Wildman–Crippen MR) is 104 cm³/mol. The van der Waals surface area contributed by atoms with Crippen LogP contribution in [-0.4, -0.2) is 27.4 Å². The number of aromatic nitrogens is 3. The van der Waals surface area contributed by atoms with E-state index in [4.69, 9.17) is 0 Å². The van der Waals surface area contributed by atoms with Crippen LogP contribution < -0.4 is 5.32 Å². The Balaban J connectivity index is 1.62. The van der Waals surface area contributed by atoms with E-state index in [0.717, 1.165) is 5.52 Å². The molecule has 0 aliphatic heterocycles. The van der Waals surface area contributed by atoms with E-state index < -0.39 is 0 Å². The van der Waals surface area contributed by atoms with Crippen LogP contribution in [0.3, 0.4) is 0 Å². The van der Waals surface area contributed by atoms with Gasteiger partial charge in [-0.25, -0.2) is 9.97 Å². The average molecular weight is 362 g/mol. The van der Waals surface area contributed by atoms with Crippen LogP contribution >= 0.6 is 11.3 Å². The Bertz CT molecular complexity index is 1040. The van der Waals surface area contributed by atoms with Gasteiger partial charge in [0.25, 0.3) is 5.91 Å². The van der Waals surface area contributed by atoms with E-state index in [1.165, 1.54) is 15.8 Å². The molecule has 6 heteroatoms. The molecule has 2 N–H and O–H groups in total. The molecule has 0 radical (unpaired) electrons. The van der Waals surface area contributed by atoms with Gasteiger partial charge in [0.05, 0.1) is 0 Å². The summed E-state index contributed by atoms with van der Waals surface area (Å²) in [5.74, 6) is 0.485. The summed E-state index contributed by atoms with van der Waals surface area (Å²) in [6, 6.07) is 14.0. The van der Waals surface area contributed by atoms with Crippen molar-refractivity contribution in [3.05, 3.63) is 82.2 Å². The fourth-order valence-corrected chi connectivity index (χ4v) is 3.95. The van der Waals surface area contributed by atoms with E-state index in [2.05, 4.69) is 43.8 Å². The van der Waals surface area contributed by atoms with Gasteiger partial charge in [0.1, 0.15) is 11.5 Å². The molecule has 0 aliphatic carbocycles. The highest BCUT2D eigenvalue weighted by Gasteiger charge is 2.20. The summed E-state index contributed by atoms with van der Waals surface area (Å²) < 4.78 is 0. The van der Waals surface area contributed by atoms with E-state index in [1.54, 1.807) is 30.5 Å². The van der Waals surface area contributed by atoms with E-state index in [0.29, 0.717) is 18.1 Å². The zero-order valence-corrected chi connectivity index (χ0v) is 15.1. The van der Waals surface area contributed by atoms with Crippen molar-refractivity contribution in [2.75, 3.05) is 6.54 Å². The molecular formula is C20H18N4OS. The second-order valence-corrected chi connectivity index (χ2v) is 7.04. The molecule has 1 atom stereocenters. The van der Waals surface area contributed by atoms with Crippen LogP contribution in [0, 0.1) is 6.92 Å². The Kier molecular flexibility index (Phi) is 4.50. The Morgan fingerprint density at radius 3 is 2.92 bits per heavy atom. The number of rotatable bonds is 5. The quantitative estimate of drug-likeness (QED) is 0.566. The smallest absolute Gasteiger partial charge is 0.270 e. The lowest BCUT2D eigenvalue weighted by atomic mass is 9.96. The molecule has 1 amide bonds. The molecule has 3 heterocycles. The van der Waals surface area contributed by atoms with Gasteiger partial charge < -0.3 is 10.3 Å². The normalized spacial score (nSPS) is 12.2. The van der Waals surface area contributed by atoms with Gasteiger partial charge in [-0.15, -0.1) is 11.3 Å². The van der Waals surface area contributed by atoms with Gasteiger partial charge in [0.2, 0.25) is 0 Å². The summed E-state index contributed by atoms with van der Waals surface area (Å²) in [6.07, 6.45) is 3.64. The summed E-state index contributed by atoms with van der Waals surface area (Å²) >= 11 is 1.70. The number of nitrogens with one attached hydrogen (secondary N) is 2. The molecule has 0 saturated carbocycles. The maximum Gasteiger partial charge on any atom is 0.270 e. The molecule has 4 aromatic rings. The zero-order valence-electron chi connectivity index (χ0n) is 14.3. The number of hydrogen-bond acceptors (Lipinski definition) is 4. The molecule has 3 aromatic heterocycles. The van der Waals surface area contributed by atoms with E-state index in [9.17, 15) is 4.79 Å². The Morgan fingerprint density at radius 2 is 2.12 bits per heavy atom. The van der Waals surface area contributed by atoms with Gasteiger partial charge in [-0.3, -0.25) is 4.79 Å². The Hall–Kier alpha value is -2.99. The van der Waals surface area contributed by atoms with E-state index in [-0.39, 0.29) is 11.8 Å². The van der Waals surface area contributed by atoms with Gasteiger partial charge >= 0.3 is 0 Å². The second-order valence-electron chi connectivity index (χ2n) is 6.06. The third-order valence-electron chi connectivity index (χ3n) is 4.36. The number of hydrogen-bond donors (Lipinski definition) is 2. The van der Waals surface area contributed by atoms with Crippen molar-refractivity contribution in [3.8, 4) is 0 Å². The molecule has 26 heavy (non-hydrogen) atoms. The number of aromatic amines is 1. The SMILES string of the molecule is Cc1nccc(C(=O)NC[C@@H](c2cccs2)c2c[nH]c3ccccc23)n1. The van der Waals surface area contributed by atoms with Crippen molar-refractivity contribution in [3.63, 3.8) is 0 Å². The molecule has 1 aromatic carbocycles. The molecule has 0 fully saturated rings. The van der Waals surface area contributed by atoms with Gasteiger partial charge in [-0.05, 0) is 36.1 Å². The number of fused-ring (bicyclic) bond motifs is 1. The summed E-state index contributed by atoms with van der Waals surface area (Å²) in [4.78, 5) is 25.3. The number of benzene rings is 1. The molecule has 130 valence electrons. The lowest BCUT2D eigenvalue weighted by Crippen LogP contribution is -2.29. The largest absolute Gasteiger partial charge is 0.361 e. The number of aryl methyl sites for hydroxylation is 1. The van der Waals surface area contributed by atoms with Crippen LogP contribution in [0.15, 0.2) is 60.2 Å². The lowest BCUT2D eigenvalue weighted by Gasteiger charge is -2.16. The second kappa shape index (κ2) is 7.09. The molecular weight excluding hydrogens is 344 g/mol. The summed E-state index contributed by atoms with van der Waals surface area (Å²) in [6.45, 7) is 2.28. The van der Waals surface area contributed by atoms with Crippen molar-refractivity contribution in [2.24, 2.45) is 0 Å². The van der Waals surface area contributed by atoms with Crippen molar-refractivity contribution < 1.29 is 4.79 Å². The van der Waals surface area contributed by atoms with Crippen LogP contribution in [-0.2, 0) is 0 Å². The molecule has 0 aliphatic rings. The van der Waals surface area contributed by atoms with Gasteiger partial charge in [-0.1, -0.05) is 24.3 Å².